The monoisotopic (exact) mass is 340 g/mol. The Bertz CT molecular complexity index is 689. The van der Waals surface area contributed by atoms with Gasteiger partial charge in [-0.05, 0) is 30.9 Å². The number of benzene rings is 1. The van der Waals surface area contributed by atoms with E-state index < -0.39 is 0 Å². The molecule has 2 heterocycles. The zero-order chi connectivity index (χ0) is 17.6. The number of rotatable bonds is 5. The lowest BCUT2D eigenvalue weighted by Crippen LogP contribution is -2.47. The molecule has 1 saturated heterocycles. The van der Waals surface area contributed by atoms with E-state index in [4.69, 9.17) is 4.42 Å². The summed E-state index contributed by atoms with van der Waals surface area (Å²) in [5, 5.41) is 3.02. The third-order valence-corrected chi connectivity index (χ3v) is 4.83. The fourth-order valence-corrected chi connectivity index (χ4v) is 3.37. The summed E-state index contributed by atoms with van der Waals surface area (Å²) < 4.78 is 4.94. The van der Waals surface area contributed by atoms with Crippen molar-refractivity contribution in [2.75, 3.05) is 13.1 Å². The maximum atomic E-state index is 12.9. The van der Waals surface area contributed by atoms with Gasteiger partial charge in [-0.15, -0.1) is 0 Å². The van der Waals surface area contributed by atoms with Crippen molar-refractivity contribution in [3.8, 4) is 0 Å². The van der Waals surface area contributed by atoms with Gasteiger partial charge in [-0.1, -0.05) is 37.3 Å². The van der Waals surface area contributed by atoms with E-state index in [2.05, 4.69) is 5.32 Å². The van der Waals surface area contributed by atoms with Gasteiger partial charge in [-0.2, -0.15) is 0 Å². The molecule has 0 bridgehead atoms. The zero-order valence-electron chi connectivity index (χ0n) is 14.5. The van der Waals surface area contributed by atoms with E-state index in [1.165, 1.54) is 12.5 Å². The normalized spacial score (nSPS) is 16.4. The first kappa shape index (κ1) is 17.3. The molecule has 0 spiro atoms. The fraction of sp³-hybridized carbons (Fsp3) is 0.400. The second-order valence-corrected chi connectivity index (χ2v) is 6.46. The number of piperidine rings is 1. The second kappa shape index (κ2) is 8.01. The zero-order valence-corrected chi connectivity index (χ0v) is 14.5. The molecule has 1 unspecified atom stereocenters. The minimum absolute atomic E-state index is 0.0849. The van der Waals surface area contributed by atoms with Gasteiger partial charge < -0.3 is 14.6 Å². The van der Waals surface area contributed by atoms with Crippen LogP contribution in [0.15, 0.2) is 53.3 Å². The Kier molecular flexibility index (Phi) is 5.53. The molecular formula is C20H24N2O3. The van der Waals surface area contributed by atoms with E-state index in [1.807, 2.05) is 42.2 Å². The van der Waals surface area contributed by atoms with Crippen LogP contribution in [0.2, 0.25) is 0 Å². The summed E-state index contributed by atoms with van der Waals surface area (Å²) in [6.07, 6.45) is 5.28. The highest BCUT2D eigenvalue weighted by atomic mass is 16.3. The van der Waals surface area contributed by atoms with Crippen molar-refractivity contribution in [1.82, 2.24) is 10.2 Å². The van der Waals surface area contributed by atoms with Crippen LogP contribution < -0.4 is 5.32 Å². The van der Waals surface area contributed by atoms with E-state index in [0.29, 0.717) is 18.7 Å². The van der Waals surface area contributed by atoms with Crippen LogP contribution in [0.5, 0.6) is 0 Å². The first-order valence-corrected chi connectivity index (χ1v) is 8.85. The van der Waals surface area contributed by atoms with Gasteiger partial charge in [0.15, 0.2) is 0 Å². The van der Waals surface area contributed by atoms with Crippen LogP contribution in [0.1, 0.15) is 48.0 Å². The third-order valence-electron chi connectivity index (χ3n) is 4.83. The van der Waals surface area contributed by atoms with Crippen molar-refractivity contribution in [3.05, 3.63) is 60.1 Å². The summed E-state index contributed by atoms with van der Waals surface area (Å²) in [6, 6.07) is 11.7. The molecule has 132 valence electrons. The Hall–Kier alpha value is -2.56. The van der Waals surface area contributed by atoms with E-state index in [-0.39, 0.29) is 23.8 Å². The van der Waals surface area contributed by atoms with E-state index in [0.717, 1.165) is 24.8 Å². The van der Waals surface area contributed by atoms with Gasteiger partial charge in [-0.3, -0.25) is 9.59 Å². The average molecular weight is 340 g/mol. The van der Waals surface area contributed by atoms with Crippen molar-refractivity contribution < 1.29 is 14.0 Å². The van der Waals surface area contributed by atoms with Gasteiger partial charge in [-0.25, -0.2) is 0 Å². The largest absolute Gasteiger partial charge is 0.472 e. The number of nitrogens with zero attached hydrogens (tertiary/aromatic N) is 1. The molecule has 5 heteroatoms. The predicted octanol–water partition coefficient (Wildman–Crippen LogP) is 3.19. The van der Waals surface area contributed by atoms with Gasteiger partial charge in [0.05, 0.1) is 17.7 Å². The summed E-state index contributed by atoms with van der Waals surface area (Å²) >= 11 is 0. The topological polar surface area (TPSA) is 62.6 Å². The van der Waals surface area contributed by atoms with Crippen LogP contribution in [-0.2, 0) is 4.79 Å². The quantitative estimate of drug-likeness (QED) is 0.909. The molecule has 5 nitrogen and oxygen atoms in total. The van der Waals surface area contributed by atoms with Crippen LogP contribution >= 0.6 is 0 Å². The average Bonchev–Trinajstić information content (AvgIpc) is 3.19. The lowest BCUT2D eigenvalue weighted by molar-refractivity contribution is -0.134. The Balaban J connectivity index is 1.54. The maximum absolute atomic E-state index is 12.9. The third kappa shape index (κ3) is 4.10. The summed E-state index contributed by atoms with van der Waals surface area (Å²) in [4.78, 5) is 26.9. The number of nitrogens with one attached hydrogen (secondary N) is 1. The molecule has 2 aromatic rings. The Morgan fingerprint density at radius 2 is 1.92 bits per heavy atom. The predicted molar refractivity (Wildman–Crippen MR) is 95.3 cm³/mol. The highest BCUT2D eigenvalue weighted by Crippen LogP contribution is 2.24. The molecule has 1 aliphatic rings. The molecule has 0 radical (unpaired) electrons. The number of furan rings is 1. The molecule has 1 atom stereocenters. The smallest absolute Gasteiger partial charge is 0.254 e. The first-order chi connectivity index (χ1) is 12.2. The Morgan fingerprint density at radius 1 is 1.20 bits per heavy atom. The SMILES string of the molecule is CCC(C(=O)N1CCC(NC(=O)c2ccoc2)CC1)c1ccccc1. The van der Waals surface area contributed by atoms with E-state index >= 15 is 0 Å². The van der Waals surface area contributed by atoms with Crippen molar-refractivity contribution in [2.24, 2.45) is 0 Å². The Morgan fingerprint density at radius 3 is 2.52 bits per heavy atom. The van der Waals surface area contributed by atoms with Crippen molar-refractivity contribution in [3.63, 3.8) is 0 Å². The molecule has 0 saturated carbocycles. The number of carbonyl (C=O) groups excluding carboxylic acids is 2. The van der Waals surface area contributed by atoms with Crippen molar-refractivity contribution >= 4 is 11.8 Å². The van der Waals surface area contributed by atoms with E-state index in [9.17, 15) is 9.59 Å². The number of amides is 2. The highest BCUT2D eigenvalue weighted by molar-refractivity contribution is 5.94. The van der Waals surface area contributed by atoms with Crippen LogP contribution in [-0.4, -0.2) is 35.8 Å². The van der Waals surface area contributed by atoms with Crippen molar-refractivity contribution in [2.45, 2.75) is 38.1 Å². The molecule has 1 aromatic carbocycles. The van der Waals surface area contributed by atoms with Gasteiger partial charge in [0.25, 0.3) is 5.91 Å². The summed E-state index contributed by atoms with van der Waals surface area (Å²) in [5.74, 6) is -0.0131. The number of hydrogen-bond donors (Lipinski definition) is 1. The number of hydrogen-bond acceptors (Lipinski definition) is 3. The molecule has 3 rings (SSSR count). The van der Waals surface area contributed by atoms with Gasteiger partial charge in [0.1, 0.15) is 6.26 Å². The minimum Gasteiger partial charge on any atom is -0.472 e. The van der Waals surface area contributed by atoms with Crippen molar-refractivity contribution in [1.29, 1.82) is 0 Å². The second-order valence-electron chi connectivity index (χ2n) is 6.46. The van der Waals surface area contributed by atoms with Gasteiger partial charge >= 0.3 is 0 Å². The molecule has 1 N–H and O–H groups in total. The van der Waals surface area contributed by atoms with Crippen LogP contribution in [0.25, 0.3) is 0 Å². The molecule has 1 fully saturated rings. The minimum atomic E-state index is -0.116. The standard InChI is InChI=1S/C20H24N2O3/c1-2-18(15-6-4-3-5-7-15)20(24)22-11-8-17(9-12-22)21-19(23)16-10-13-25-14-16/h3-7,10,13-14,17-18H,2,8-9,11-12H2,1H3,(H,21,23). The molecule has 0 aliphatic carbocycles. The Labute approximate surface area is 148 Å². The number of carbonyl (C=O) groups is 2. The lowest BCUT2D eigenvalue weighted by Gasteiger charge is -2.34. The molecule has 25 heavy (non-hydrogen) atoms. The van der Waals surface area contributed by atoms with Crippen LogP contribution in [0.3, 0.4) is 0 Å². The summed E-state index contributed by atoms with van der Waals surface area (Å²) in [7, 11) is 0. The van der Waals surface area contributed by atoms with Crippen LogP contribution in [0, 0.1) is 0 Å². The highest BCUT2D eigenvalue weighted by Gasteiger charge is 2.28. The fourth-order valence-electron chi connectivity index (χ4n) is 3.37. The molecule has 2 amide bonds. The molecular weight excluding hydrogens is 316 g/mol. The van der Waals surface area contributed by atoms with Crippen LogP contribution in [0.4, 0.5) is 0 Å². The summed E-state index contributed by atoms with van der Waals surface area (Å²) in [6.45, 7) is 3.41. The lowest BCUT2D eigenvalue weighted by atomic mass is 9.93. The summed E-state index contributed by atoms with van der Waals surface area (Å²) in [5.41, 5.74) is 1.61. The molecule has 1 aromatic heterocycles. The first-order valence-electron chi connectivity index (χ1n) is 8.85. The molecule has 1 aliphatic heterocycles. The number of likely N-dealkylation sites (tertiary alicyclic amines) is 1. The van der Waals surface area contributed by atoms with Gasteiger partial charge in [0, 0.05) is 19.1 Å². The van der Waals surface area contributed by atoms with E-state index in [1.54, 1.807) is 6.07 Å². The maximum Gasteiger partial charge on any atom is 0.254 e. The van der Waals surface area contributed by atoms with Gasteiger partial charge in [0.2, 0.25) is 5.91 Å².